The lowest BCUT2D eigenvalue weighted by Crippen LogP contribution is -2.49. The number of nitrogens with one attached hydrogen (secondary N) is 3. The molecule has 2 heterocycles. The van der Waals surface area contributed by atoms with Crippen molar-refractivity contribution in [2.24, 2.45) is 0 Å². The molecule has 5 amide bonds. The number of fused-ring (bicyclic) bond motifs is 1. The molecule has 0 aromatic heterocycles. The molecule has 1 atom stereocenters. The summed E-state index contributed by atoms with van der Waals surface area (Å²) >= 11 is 0. The second-order valence-electron chi connectivity index (χ2n) is 8.62. The van der Waals surface area contributed by atoms with Crippen molar-refractivity contribution in [3.8, 4) is 5.75 Å². The first-order chi connectivity index (χ1) is 16.8. The molecule has 0 spiro atoms. The van der Waals surface area contributed by atoms with Crippen LogP contribution in [-0.4, -0.2) is 91.8 Å². The van der Waals surface area contributed by atoms with Gasteiger partial charge in [-0.05, 0) is 25.0 Å². The maximum absolute atomic E-state index is 13.0. The lowest BCUT2D eigenvalue weighted by atomic mass is 10.1. The average molecular weight is 488 g/mol. The van der Waals surface area contributed by atoms with Gasteiger partial charge in [0.15, 0.2) is 0 Å². The number of amides is 5. The highest BCUT2D eigenvalue weighted by atomic mass is 16.5. The van der Waals surface area contributed by atoms with E-state index in [1.165, 1.54) is 4.90 Å². The maximum Gasteiger partial charge on any atom is 0.255 e. The van der Waals surface area contributed by atoms with Gasteiger partial charge in [-0.1, -0.05) is 12.1 Å². The zero-order valence-corrected chi connectivity index (χ0v) is 20.0. The number of nitrogens with zero attached hydrogens (tertiary/aromatic N) is 2. The summed E-state index contributed by atoms with van der Waals surface area (Å²) in [7, 11) is 1.64. The summed E-state index contributed by atoms with van der Waals surface area (Å²) in [6.45, 7) is 2.20. The van der Waals surface area contributed by atoms with Gasteiger partial charge in [-0.3, -0.25) is 24.0 Å². The molecule has 2 aliphatic rings. The highest BCUT2D eigenvalue weighted by molar-refractivity contribution is 6.00. The van der Waals surface area contributed by atoms with E-state index in [2.05, 4.69) is 16.0 Å². The van der Waals surface area contributed by atoms with E-state index in [0.717, 1.165) is 13.0 Å². The van der Waals surface area contributed by atoms with Crippen LogP contribution < -0.4 is 20.7 Å². The Morgan fingerprint density at radius 2 is 1.91 bits per heavy atom. The number of rotatable bonds is 5. The van der Waals surface area contributed by atoms with Gasteiger partial charge in [0.05, 0.1) is 18.5 Å². The summed E-state index contributed by atoms with van der Waals surface area (Å²) in [6, 6.07) is 5.48. The van der Waals surface area contributed by atoms with E-state index in [4.69, 9.17) is 4.74 Å². The summed E-state index contributed by atoms with van der Waals surface area (Å²) in [5, 5.41) is 8.03. The van der Waals surface area contributed by atoms with Crippen LogP contribution in [0.2, 0.25) is 0 Å². The zero-order chi connectivity index (χ0) is 25.2. The van der Waals surface area contributed by atoms with Gasteiger partial charge in [0.25, 0.3) is 5.91 Å². The van der Waals surface area contributed by atoms with Crippen LogP contribution in [0.5, 0.6) is 5.75 Å². The molecule has 190 valence electrons. The number of ether oxygens (including phenoxy) is 1. The Balaban J connectivity index is 1.67. The summed E-state index contributed by atoms with van der Waals surface area (Å²) in [5.74, 6) is -1.22. The molecular formula is C24H33N5O6. The van der Waals surface area contributed by atoms with Crippen LogP contribution in [0.4, 0.5) is 0 Å². The number of para-hydroxylation sites is 1. The molecule has 11 nitrogen and oxygen atoms in total. The third kappa shape index (κ3) is 7.69. The molecule has 2 aliphatic heterocycles. The first-order valence-electron chi connectivity index (χ1n) is 11.9. The summed E-state index contributed by atoms with van der Waals surface area (Å²) < 4.78 is 5.74. The van der Waals surface area contributed by atoms with Crippen LogP contribution in [-0.2, 0) is 19.2 Å². The number of hydrogen-bond acceptors (Lipinski definition) is 6. The first-order valence-corrected chi connectivity index (χ1v) is 11.9. The number of hydrogen-bond donors (Lipinski definition) is 3. The summed E-state index contributed by atoms with van der Waals surface area (Å²) in [6.07, 6.45) is 1.80. The van der Waals surface area contributed by atoms with Crippen LogP contribution in [0.25, 0.3) is 0 Å². The smallest absolute Gasteiger partial charge is 0.255 e. The van der Waals surface area contributed by atoms with Gasteiger partial charge in [0.1, 0.15) is 18.4 Å². The van der Waals surface area contributed by atoms with E-state index in [-0.39, 0.29) is 43.4 Å². The van der Waals surface area contributed by atoms with Crippen molar-refractivity contribution in [2.75, 3.05) is 46.4 Å². The van der Waals surface area contributed by atoms with Gasteiger partial charge < -0.3 is 30.5 Å². The predicted octanol–water partition coefficient (Wildman–Crippen LogP) is -0.339. The predicted molar refractivity (Wildman–Crippen MR) is 127 cm³/mol. The minimum Gasteiger partial charge on any atom is -0.491 e. The quantitative estimate of drug-likeness (QED) is 0.486. The summed E-state index contributed by atoms with van der Waals surface area (Å²) in [5.41, 5.74) is 0.224. The van der Waals surface area contributed by atoms with Gasteiger partial charge in [0, 0.05) is 46.1 Å². The minimum absolute atomic E-state index is 0.108. The van der Waals surface area contributed by atoms with E-state index >= 15 is 0 Å². The van der Waals surface area contributed by atoms with E-state index in [9.17, 15) is 24.0 Å². The Morgan fingerprint density at radius 3 is 2.69 bits per heavy atom. The second kappa shape index (κ2) is 12.7. The molecule has 1 fully saturated rings. The van der Waals surface area contributed by atoms with E-state index in [1.54, 1.807) is 36.2 Å². The monoisotopic (exact) mass is 487 g/mol. The van der Waals surface area contributed by atoms with Gasteiger partial charge in [-0.15, -0.1) is 0 Å². The SMILES string of the molecule is CN1CCOc2ccccc2C(=O)N[C@H](C(=O)NCCCN2CCCC2=O)CC(=O)NCCC1=O. The lowest BCUT2D eigenvalue weighted by Gasteiger charge is -2.20. The normalized spacial score (nSPS) is 20.2. The molecule has 0 saturated carbocycles. The molecule has 1 aromatic rings. The molecule has 0 unspecified atom stereocenters. The third-order valence-corrected chi connectivity index (χ3v) is 5.99. The Morgan fingerprint density at radius 1 is 1.11 bits per heavy atom. The maximum atomic E-state index is 13.0. The molecule has 11 heteroatoms. The molecule has 0 aliphatic carbocycles. The van der Waals surface area contributed by atoms with E-state index in [1.807, 2.05) is 0 Å². The van der Waals surface area contributed by atoms with Gasteiger partial charge in [-0.2, -0.15) is 0 Å². The number of carbonyl (C=O) groups is 5. The fourth-order valence-electron chi connectivity index (χ4n) is 3.95. The largest absolute Gasteiger partial charge is 0.491 e. The second-order valence-corrected chi connectivity index (χ2v) is 8.62. The molecule has 1 aromatic carbocycles. The standard InChI is InChI=1S/C24H33N5O6/c1-28-14-15-35-19-7-3-2-6-17(19)23(33)27-18(16-20(30)25-11-9-21(28)31)24(34)26-10-5-13-29-12-4-8-22(29)32/h2-3,6-7,18H,4-5,8-16H2,1H3,(H,25,30)(H,26,34)(H,27,33)/t18-/m0/s1. The van der Waals surface area contributed by atoms with Crippen molar-refractivity contribution in [3.63, 3.8) is 0 Å². The molecule has 3 rings (SSSR count). The van der Waals surface area contributed by atoms with E-state index < -0.39 is 23.8 Å². The third-order valence-electron chi connectivity index (χ3n) is 5.99. The fourth-order valence-corrected chi connectivity index (χ4v) is 3.95. The van der Waals surface area contributed by atoms with Crippen molar-refractivity contribution in [1.82, 2.24) is 25.8 Å². The Hall–Kier alpha value is -3.63. The van der Waals surface area contributed by atoms with Crippen molar-refractivity contribution in [2.45, 2.75) is 38.1 Å². The molecule has 0 radical (unpaired) electrons. The molecular weight excluding hydrogens is 454 g/mol. The number of benzene rings is 1. The Labute approximate surface area is 204 Å². The van der Waals surface area contributed by atoms with Crippen LogP contribution in [0.3, 0.4) is 0 Å². The zero-order valence-electron chi connectivity index (χ0n) is 20.0. The van der Waals surface area contributed by atoms with Crippen LogP contribution in [0.1, 0.15) is 42.5 Å². The number of likely N-dealkylation sites (N-methyl/N-ethyl adjacent to an activating group) is 1. The first kappa shape index (κ1) is 26.0. The van der Waals surface area contributed by atoms with Crippen molar-refractivity contribution in [3.05, 3.63) is 29.8 Å². The highest BCUT2D eigenvalue weighted by Gasteiger charge is 2.26. The average Bonchev–Trinajstić information content (AvgIpc) is 3.25. The van der Waals surface area contributed by atoms with Crippen molar-refractivity contribution >= 4 is 29.5 Å². The summed E-state index contributed by atoms with van der Waals surface area (Å²) in [4.78, 5) is 65.6. The fraction of sp³-hybridized carbons (Fsp3) is 0.542. The van der Waals surface area contributed by atoms with Gasteiger partial charge in [0.2, 0.25) is 23.6 Å². The van der Waals surface area contributed by atoms with Gasteiger partial charge >= 0.3 is 0 Å². The van der Waals surface area contributed by atoms with Crippen molar-refractivity contribution < 1.29 is 28.7 Å². The van der Waals surface area contributed by atoms with Crippen LogP contribution >= 0.6 is 0 Å². The molecule has 3 N–H and O–H groups in total. The number of carbonyl (C=O) groups excluding carboxylic acids is 5. The van der Waals surface area contributed by atoms with Crippen LogP contribution in [0.15, 0.2) is 24.3 Å². The number of likely N-dealkylation sites (tertiary alicyclic amines) is 1. The molecule has 1 saturated heterocycles. The highest BCUT2D eigenvalue weighted by Crippen LogP contribution is 2.18. The molecule has 35 heavy (non-hydrogen) atoms. The minimum atomic E-state index is -1.12. The Kier molecular flexibility index (Phi) is 9.45. The van der Waals surface area contributed by atoms with Crippen LogP contribution in [0, 0.1) is 0 Å². The Bertz CT molecular complexity index is 952. The topological polar surface area (TPSA) is 137 Å². The lowest BCUT2D eigenvalue weighted by molar-refractivity contribution is -0.131. The van der Waals surface area contributed by atoms with E-state index in [0.29, 0.717) is 38.2 Å². The molecule has 0 bridgehead atoms. The van der Waals surface area contributed by atoms with Crippen molar-refractivity contribution in [1.29, 1.82) is 0 Å². The van der Waals surface area contributed by atoms with Gasteiger partial charge in [-0.25, -0.2) is 0 Å².